The lowest BCUT2D eigenvalue weighted by Gasteiger charge is -2.10. The third-order valence-electron chi connectivity index (χ3n) is 8.36. The molecule has 0 atom stereocenters. The topological polar surface area (TPSA) is 36.9 Å². The summed E-state index contributed by atoms with van der Waals surface area (Å²) in [7, 11) is 7.21. The number of fused-ring (bicyclic) bond motifs is 6. The van der Waals surface area contributed by atoms with E-state index in [1.165, 1.54) is 74.8 Å². The SMILES string of the molecule is COCCCc1sc(CCCOC)c2c1-c1ccc3c4c(ccc-2c14)-c1c(CCCOC)sc(CCCOC)c1-3. The molecular formula is C34H40O4S2. The first-order chi connectivity index (χ1) is 19.7. The molecule has 0 spiro atoms. The monoisotopic (exact) mass is 576 g/mol. The summed E-state index contributed by atoms with van der Waals surface area (Å²) < 4.78 is 21.7. The summed E-state index contributed by atoms with van der Waals surface area (Å²) in [5.41, 5.74) is 11.7. The van der Waals surface area contributed by atoms with Gasteiger partial charge in [-0.1, -0.05) is 24.3 Å². The number of ether oxygens (including phenoxy) is 4. The zero-order valence-corrected chi connectivity index (χ0v) is 25.9. The van der Waals surface area contributed by atoms with Crippen molar-refractivity contribution in [3.05, 3.63) is 43.8 Å². The van der Waals surface area contributed by atoms with Gasteiger partial charge in [0, 0.05) is 96.6 Å². The van der Waals surface area contributed by atoms with Crippen LogP contribution >= 0.6 is 22.7 Å². The van der Waals surface area contributed by atoms with Crippen molar-refractivity contribution in [3.63, 3.8) is 0 Å². The molecule has 0 fully saturated rings. The van der Waals surface area contributed by atoms with Crippen molar-refractivity contribution in [2.24, 2.45) is 0 Å². The summed E-state index contributed by atoms with van der Waals surface area (Å²) >= 11 is 4.04. The Balaban J connectivity index is 1.49. The average molecular weight is 577 g/mol. The molecule has 0 unspecified atom stereocenters. The standard InChI is InChI=1S/C34H40O4S2/c1-35-17-5-9-25-31-21-13-14-23-30-24(16-15-22(29(21)30)32(31)26(39-25)10-6-18-36-2)34-28(12-8-20-38-4)40-27(33(23)34)11-7-19-37-3/h13-16H,5-12,17-20H2,1-4H3. The Morgan fingerprint density at radius 1 is 0.425 bits per heavy atom. The van der Waals surface area contributed by atoms with Crippen molar-refractivity contribution in [2.75, 3.05) is 54.9 Å². The molecule has 2 aliphatic rings. The Morgan fingerprint density at radius 3 is 0.900 bits per heavy atom. The average Bonchev–Trinajstić information content (AvgIpc) is 3.68. The highest BCUT2D eigenvalue weighted by Crippen LogP contribution is 2.61. The van der Waals surface area contributed by atoms with Gasteiger partial charge in [-0.2, -0.15) is 0 Å². The van der Waals surface area contributed by atoms with Gasteiger partial charge in [-0.05, 0) is 84.4 Å². The van der Waals surface area contributed by atoms with Crippen LogP contribution in [0.4, 0.5) is 0 Å². The van der Waals surface area contributed by atoms with Gasteiger partial charge in [-0.15, -0.1) is 22.7 Å². The quantitative estimate of drug-likeness (QED) is 0.108. The van der Waals surface area contributed by atoms with Gasteiger partial charge in [0.05, 0.1) is 0 Å². The Labute approximate surface area is 246 Å². The van der Waals surface area contributed by atoms with E-state index in [9.17, 15) is 0 Å². The lowest BCUT2D eigenvalue weighted by Crippen LogP contribution is -1.93. The minimum atomic E-state index is 0.800. The summed E-state index contributed by atoms with van der Waals surface area (Å²) in [5.74, 6) is 0. The Morgan fingerprint density at radius 2 is 0.675 bits per heavy atom. The Bertz CT molecular complexity index is 1300. The van der Waals surface area contributed by atoms with Crippen molar-refractivity contribution >= 4 is 33.4 Å². The zero-order chi connectivity index (χ0) is 27.6. The van der Waals surface area contributed by atoms with Gasteiger partial charge >= 0.3 is 0 Å². The molecule has 0 N–H and O–H groups in total. The van der Waals surface area contributed by atoms with Crippen LogP contribution in [-0.2, 0) is 44.6 Å². The highest BCUT2D eigenvalue weighted by Gasteiger charge is 2.35. The van der Waals surface area contributed by atoms with Crippen molar-refractivity contribution < 1.29 is 18.9 Å². The second-order valence-corrected chi connectivity index (χ2v) is 13.2. The maximum atomic E-state index is 5.42. The Kier molecular flexibility index (Phi) is 8.73. The smallest absolute Gasteiger partial charge is 0.0465 e. The van der Waals surface area contributed by atoms with E-state index in [1.807, 2.05) is 22.7 Å². The molecule has 2 aromatic carbocycles. The molecule has 212 valence electrons. The maximum Gasteiger partial charge on any atom is 0.0465 e. The molecule has 0 bridgehead atoms. The molecule has 2 aromatic heterocycles. The fraction of sp³-hybridized carbons (Fsp3) is 0.471. The summed E-state index contributed by atoms with van der Waals surface area (Å²) in [6, 6.07) is 9.72. The molecule has 0 saturated heterocycles. The van der Waals surface area contributed by atoms with Crippen molar-refractivity contribution in [1.82, 2.24) is 0 Å². The maximum absolute atomic E-state index is 5.42. The molecule has 0 radical (unpaired) electrons. The van der Waals surface area contributed by atoms with Crippen molar-refractivity contribution in [1.29, 1.82) is 0 Å². The summed E-state index contributed by atoms with van der Waals surface area (Å²) in [6.07, 6.45) is 8.47. The van der Waals surface area contributed by atoms with Gasteiger partial charge in [0.15, 0.2) is 0 Å². The minimum Gasteiger partial charge on any atom is -0.385 e. The molecule has 6 heteroatoms. The number of hydrogen-bond acceptors (Lipinski definition) is 6. The summed E-state index contributed by atoms with van der Waals surface area (Å²) in [6.45, 7) is 3.20. The van der Waals surface area contributed by atoms with Crippen LogP contribution in [0.1, 0.15) is 45.2 Å². The molecule has 2 heterocycles. The first-order valence-corrected chi connectivity index (χ1v) is 16.2. The predicted octanol–water partition coefficient (Wildman–Crippen LogP) is 8.57. The van der Waals surface area contributed by atoms with Crippen LogP contribution < -0.4 is 0 Å². The third kappa shape index (κ3) is 4.77. The van der Waals surface area contributed by atoms with E-state index in [0.717, 1.165) is 77.8 Å². The molecular weight excluding hydrogens is 537 g/mol. The first-order valence-electron chi connectivity index (χ1n) is 14.6. The number of benzene rings is 2. The van der Waals surface area contributed by atoms with Crippen molar-refractivity contribution in [3.8, 4) is 44.5 Å². The van der Waals surface area contributed by atoms with Crippen LogP contribution in [0, 0.1) is 0 Å². The summed E-state index contributed by atoms with van der Waals surface area (Å²) in [4.78, 5) is 6.06. The number of methoxy groups -OCH3 is 4. The van der Waals surface area contributed by atoms with Gasteiger partial charge in [0.1, 0.15) is 0 Å². The summed E-state index contributed by atoms with van der Waals surface area (Å²) in [5, 5.41) is 2.95. The van der Waals surface area contributed by atoms with Crippen LogP contribution in [0.25, 0.3) is 55.3 Å². The predicted molar refractivity (Wildman–Crippen MR) is 169 cm³/mol. The second kappa shape index (κ2) is 12.4. The number of aryl methyl sites for hydroxylation is 4. The normalized spacial score (nSPS) is 12.6. The molecule has 40 heavy (non-hydrogen) atoms. The lowest BCUT2D eigenvalue weighted by atomic mass is 9.96. The first kappa shape index (κ1) is 28.1. The van der Waals surface area contributed by atoms with Crippen LogP contribution in [0.15, 0.2) is 24.3 Å². The van der Waals surface area contributed by atoms with Gasteiger partial charge in [0.2, 0.25) is 0 Å². The molecule has 4 nitrogen and oxygen atoms in total. The van der Waals surface area contributed by atoms with Crippen LogP contribution in [0.2, 0.25) is 0 Å². The second-order valence-electron chi connectivity index (χ2n) is 10.9. The molecule has 0 saturated carbocycles. The molecule has 2 aliphatic carbocycles. The molecule has 0 amide bonds. The van der Waals surface area contributed by atoms with E-state index >= 15 is 0 Å². The highest BCUT2D eigenvalue weighted by molar-refractivity contribution is 7.13. The zero-order valence-electron chi connectivity index (χ0n) is 24.2. The number of hydrogen-bond donors (Lipinski definition) is 0. The number of thiophene rings is 2. The van der Waals surface area contributed by atoms with Gasteiger partial charge in [-0.3, -0.25) is 0 Å². The van der Waals surface area contributed by atoms with E-state index < -0.39 is 0 Å². The van der Waals surface area contributed by atoms with Crippen molar-refractivity contribution in [2.45, 2.75) is 51.4 Å². The third-order valence-corrected chi connectivity index (χ3v) is 11.0. The van der Waals surface area contributed by atoms with E-state index in [4.69, 9.17) is 18.9 Å². The van der Waals surface area contributed by atoms with Gasteiger partial charge < -0.3 is 18.9 Å². The number of rotatable bonds is 16. The van der Waals surface area contributed by atoms with Crippen LogP contribution in [0.3, 0.4) is 0 Å². The molecule has 4 aromatic rings. The molecule has 0 aliphatic heterocycles. The van der Waals surface area contributed by atoms with E-state index in [2.05, 4.69) is 24.3 Å². The van der Waals surface area contributed by atoms with E-state index in [0.29, 0.717) is 0 Å². The molecule has 6 rings (SSSR count). The largest absolute Gasteiger partial charge is 0.385 e. The van der Waals surface area contributed by atoms with Gasteiger partial charge in [0.25, 0.3) is 0 Å². The van der Waals surface area contributed by atoms with Gasteiger partial charge in [-0.25, -0.2) is 0 Å². The lowest BCUT2D eigenvalue weighted by molar-refractivity contribution is 0.195. The van der Waals surface area contributed by atoms with E-state index in [-0.39, 0.29) is 0 Å². The van der Waals surface area contributed by atoms with Crippen LogP contribution in [0.5, 0.6) is 0 Å². The Hall–Kier alpha value is -2.06. The van der Waals surface area contributed by atoms with E-state index in [1.54, 1.807) is 28.4 Å². The van der Waals surface area contributed by atoms with Crippen LogP contribution in [-0.4, -0.2) is 54.9 Å². The fourth-order valence-electron chi connectivity index (χ4n) is 6.74. The fourth-order valence-corrected chi connectivity index (χ4v) is 9.58. The minimum absolute atomic E-state index is 0.800. The highest BCUT2D eigenvalue weighted by atomic mass is 32.1.